The van der Waals surface area contributed by atoms with Gasteiger partial charge in [-0.05, 0) is 36.5 Å². The summed E-state index contributed by atoms with van der Waals surface area (Å²) in [5.41, 5.74) is 14.7. The zero-order valence-corrected chi connectivity index (χ0v) is 16.8. The zero-order valence-electron chi connectivity index (χ0n) is 16.0. The molecule has 152 valence electrons. The number of rotatable bonds is 4. The van der Waals surface area contributed by atoms with Crippen molar-refractivity contribution in [3.63, 3.8) is 0 Å². The first kappa shape index (κ1) is 18.2. The van der Waals surface area contributed by atoms with Gasteiger partial charge in [-0.15, -0.1) is 0 Å². The van der Waals surface area contributed by atoms with Crippen LogP contribution in [-0.4, -0.2) is 41.4 Å². The SMILES string of the molecule is CON=C1CN(c2cc3c(cc2N)c(=O)c2c(=O)[nH]sc2n3C2CC2)CC1CN. The fourth-order valence-corrected chi connectivity index (χ4v) is 5.15. The smallest absolute Gasteiger partial charge is 0.271 e. The molecule has 1 atom stereocenters. The van der Waals surface area contributed by atoms with Gasteiger partial charge < -0.3 is 25.8 Å². The number of nitrogens with zero attached hydrogens (tertiary/aromatic N) is 3. The second-order valence-electron chi connectivity index (χ2n) is 7.65. The lowest BCUT2D eigenvalue weighted by molar-refractivity contribution is 0.211. The second kappa shape index (κ2) is 6.60. The predicted octanol–water partition coefficient (Wildman–Crippen LogP) is 1.22. The van der Waals surface area contributed by atoms with Crippen molar-refractivity contribution in [1.29, 1.82) is 0 Å². The molecule has 9 nitrogen and oxygen atoms in total. The first-order valence-electron chi connectivity index (χ1n) is 9.57. The Morgan fingerprint density at radius 3 is 2.83 bits per heavy atom. The molecule has 5 rings (SSSR count). The Hall–Kier alpha value is -2.85. The number of nitrogens with one attached hydrogen (secondary N) is 1. The molecule has 1 aliphatic carbocycles. The Morgan fingerprint density at radius 2 is 2.14 bits per heavy atom. The fraction of sp³-hybridized carbons (Fsp3) is 0.421. The highest BCUT2D eigenvalue weighted by Gasteiger charge is 2.32. The van der Waals surface area contributed by atoms with Crippen molar-refractivity contribution >= 4 is 49.7 Å². The highest BCUT2D eigenvalue weighted by molar-refractivity contribution is 7.12. The minimum Gasteiger partial charge on any atom is -0.399 e. The van der Waals surface area contributed by atoms with Crippen LogP contribution in [0.15, 0.2) is 26.9 Å². The predicted molar refractivity (Wildman–Crippen MR) is 116 cm³/mol. The Kier molecular flexibility index (Phi) is 4.14. The summed E-state index contributed by atoms with van der Waals surface area (Å²) in [7, 11) is 1.52. The maximum absolute atomic E-state index is 13.0. The Labute approximate surface area is 169 Å². The molecule has 2 aromatic heterocycles. The molecule has 1 unspecified atom stereocenters. The van der Waals surface area contributed by atoms with Gasteiger partial charge in [0.2, 0.25) is 5.43 Å². The lowest BCUT2D eigenvalue weighted by atomic mass is 10.1. The highest BCUT2D eigenvalue weighted by atomic mass is 32.1. The van der Waals surface area contributed by atoms with Crippen molar-refractivity contribution < 1.29 is 4.84 Å². The normalized spacial score (nSPS) is 21.0. The van der Waals surface area contributed by atoms with Crippen molar-refractivity contribution in [2.45, 2.75) is 18.9 Å². The van der Waals surface area contributed by atoms with Gasteiger partial charge in [0.1, 0.15) is 17.3 Å². The summed E-state index contributed by atoms with van der Waals surface area (Å²) in [4.78, 5) is 33.1. The lowest BCUT2D eigenvalue weighted by Gasteiger charge is -2.22. The molecule has 29 heavy (non-hydrogen) atoms. The average Bonchev–Trinajstić information content (AvgIpc) is 3.35. The Balaban J connectivity index is 1.73. The zero-order chi connectivity index (χ0) is 20.3. The summed E-state index contributed by atoms with van der Waals surface area (Å²) in [5.74, 6) is 0.0908. The van der Waals surface area contributed by atoms with E-state index in [2.05, 4.69) is 19.0 Å². The maximum Gasteiger partial charge on any atom is 0.271 e. The van der Waals surface area contributed by atoms with Crippen molar-refractivity contribution in [2.75, 3.05) is 37.4 Å². The van der Waals surface area contributed by atoms with Crippen LogP contribution in [0.4, 0.5) is 11.4 Å². The van der Waals surface area contributed by atoms with E-state index in [9.17, 15) is 9.59 Å². The van der Waals surface area contributed by atoms with Gasteiger partial charge in [0.15, 0.2) is 0 Å². The largest absolute Gasteiger partial charge is 0.399 e. The van der Waals surface area contributed by atoms with E-state index in [1.165, 1.54) is 18.6 Å². The summed E-state index contributed by atoms with van der Waals surface area (Å²) >= 11 is 1.22. The van der Waals surface area contributed by atoms with Crippen LogP contribution in [0.3, 0.4) is 0 Å². The number of oxime groups is 1. The van der Waals surface area contributed by atoms with Crippen molar-refractivity contribution in [3.05, 3.63) is 32.7 Å². The molecule has 1 aromatic carbocycles. The van der Waals surface area contributed by atoms with Gasteiger partial charge in [-0.1, -0.05) is 5.16 Å². The molecular weight excluding hydrogens is 392 g/mol. The van der Waals surface area contributed by atoms with Gasteiger partial charge in [0.25, 0.3) is 5.56 Å². The Bertz CT molecular complexity index is 1270. The quantitative estimate of drug-likeness (QED) is 0.434. The lowest BCUT2D eigenvalue weighted by Crippen LogP contribution is -2.24. The molecule has 10 heteroatoms. The number of H-pyrrole nitrogens is 1. The first-order valence-corrected chi connectivity index (χ1v) is 10.4. The van der Waals surface area contributed by atoms with E-state index in [4.69, 9.17) is 16.3 Å². The molecule has 1 aliphatic heterocycles. The van der Waals surface area contributed by atoms with Crippen LogP contribution in [0.25, 0.3) is 21.1 Å². The molecule has 0 radical (unpaired) electrons. The number of benzene rings is 1. The molecule has 0 bridgehead atoms. The molecule has 5 N–H and O–H groups in total. The van der Waals surface area contributed by atoms with Gasteiger partial charge in [-0.2, -0.15) is 0 Å². The number of pyridine rings is 1. The molecular formula is C19H22N6O3S. The number of hydrogen-bond donors (Lipinski definition) is 3. The van der Waals surface area contributed by atoms with Gasteiger partial charge >= 0.3 is 0 Å². The number of hydrogen-bond acceptors (Lipinski definition) is 8. The van der Waals surface area contributed by atoms with Crippen LogP contribution in [0.5, 0.6) is 0 Å². The molecule has 2 aliphatic rings. The Morgan fingerprint density at radius 1 is 1.34 bits per heavy atom. The van der Waals surface area contributed by atoms with E-state index in [-0.39, 0.29) is 22.3 Å². The number of nitrogen functional groups attached to an aromatic ring is 1. The first-order chi connectivity index (χ1) is 14.0. The summed E-state index contributed by atoms with van der Waals surface area (Å²) < 4.78 is 4.84. The van der Waals surface area contributed by atoms with Crippen LogP contribution >= 0.6 is 11.5 Å². The van der Waals surface area contributed by atoms with Crippen LogP contribution < -0.4 is 27.4 Å². The number of aromatic nitrogens is 2. The maximum atomic E-state index is 13.0. The van der Waals surface area contributed by atoms with E-state index in [0.717, 1.165) is 29.8 Å². The minimum atomic E-state index is -0.334. The molecule has 3 aromatic rings. The standard InChI is InChI=1S/C19H22N6O3S/c1-28-22-13-8-24(7-9(13)6-20)15-5-14-11(4-12(15)21)17(26)16-18(27)23-29-19(16)25(14)10-2-3-10/h4-5,9-10H,2-3,6-8,20-21H2,1H3,(H,23,27). The summed E-state index contributed by atoms with van der Waals surface area (Å²) in [6.07, 6.45) is 2.06. The number of anilines is 2. The van der Waals surface area contributed by atoms with Gasteiger partial charge in [0.05, 0.1) is 29.1 Å². The number of fused-ring (bicyclic) bond motifs is 2. The summed E-state index contributed by atoms with van der Waals surface area (Å²) in [5, 5.41) is 4.82. The molecule has 3 heterocycles. The molecule has 0 amide bonds. The van der Waals surface area contributed by atoms with Crippen molar-refractivity contribution in [2.24, 2.45) is 16.8 Å². The van der Waals surface area contributed by atoms with E-state index < -0.39 is 0 Å². The van der Waals surface area contributed by atoms with E-state index in [0.29, 0.717) is 41.6 Å². The highest BCUT2D eigenvalue weighted by Crippen LogP contribution is 2.41. The van der Waals surface area contributed by atoms with Gasteiger partial charge in [-0.3, -0.25) is 14.0 Å². The summed E-state index contributed by atoms with van der Waals surface area (Å²) in [6, 6.07) is 3.97. The van der Waals surface area contributed by atoms with E-state index in [1.807, 2.05) is 6.07 Å². The monoisotopic (exact) mass is 414 g/mol. The molecule has 1 saturated heterocycles. The topological polar surface area (TPSA) is 132 Å². The number of nitrogens with two attached hydrogens (primary N) is 2. The number of aromatic amines is 1. The second-order valence-corrected chi connectivity index (χ2v) is 8.45. The van der Waals surface area contributed by atoms with Crippen LogP contribution in [0.1, 0.15) is 18.9 Å². The van der Waals surface area contributed by atoms with Gasteiger partial charge in [0, 0.05) is 30.4 Å². The van der Waals surface area contributed by atoms with Crippen molar-refractivity contribution in [3.8, 4) is 0 Å². The van der Waals surface area contributed by atoms with E-state index in [1.54, 1.807) is 6.07 Å². The average molecular weight is 414 g/mol. The molecule has 0 spiro atoms. The van der Waals surface area contributed by atoms with Crippen LogP contribution in [0, 0.1) is 5.92 Å². The third-order valence-corrected chi connectivity index (χ3v) is 6.67. The van der Waals surface area contributed by atoms with Crippen LogP contribution in [0.2, 0.25) is 0 Å². The third kappa shape index (κ3) is 2.74. The van der Waals surface area contributed by atoms with Crippen LogP contribution in [-0.2, 0) is 4.84 Å². The minimum absolute atomic E-state index is 0.0908. The fourth-order valence-electron chi connectivity index (χ4n) is 4.23. The van der Waals surface area contributed by atoms with Gasteiger partial charge in [-0.25, -0.2) is 0 Å². The summed E-state index contributed by atoms with van der Waals surface area (Å²) in [6.45, 7) is 1.72. The van der Waals surface area contributed by atoms with E-state index >= 15 is 0 Å². The molecule has 1 saturated carbocycles. The third-order valence-electron chi connectivity index (χ3n) is 5.79. The van der Waals surface area contributed by atoms with Crippen molar-refractivity contribution in [1.82, 2.24) is 8.94 Å². The molecule has 2 fully saturated rings.